The molecule has 50 heavy (non-hydrogen) atoms. The number of anilines is 1. The first-order valence-corrected chi connectivity index (χ1v) is 17.8. The molecule has 2 aromatic carbocycles. The van der Waals surface area contributed by atoms with Gasteiger partial charge in [0.25, 0.3) is 16.8 Å². The number of nitro benzene ring substituents is 2. The van der Waals surface area contributed by atoms with E-state index >= 15 is 0 Å². The van der Waals surface area contributed by atoms with Crippen molar-refractivity contribution in [3.8, 4) is 0 Å². The number of sulfonamides is 2. The molecule has 3 aromatic heterocycles. The van der Waals surface area contributed by atoms with Crippen LogP contribution in [0.2, 0.25) is 0 Å². The molecule has 6 N–H and O–H groups in total. The summed E-state index contributed by atoms with van der Waals surface area (Å²) in [5.74, 6) is -1.29. The number of aliphatic hydroxyl groups excluding tert-OH is 1. The number of benzene rings is 2. The monoisotopic (exact) mass is 759 g/mol. The summed E-state index contributed by atoms with van der Waals surface area (Å²) >= 11 is 1.31. The molecule has 22 nitrogen and oxygen atoms in total. The Kier molecular flexibility index (Phi) is 10.2. The third-order valence-electron chi connectivity index (χ3n) is 6.24. The highest BCUT2D eigenvalue weighted by molar-refractivity contribution is 7.91. The van der Waals surface area contributed by atoms with Gasteiger partial charge in [-0.05, 0) is 23.6 Å². The molecular formula is C24H22FN9O13S3. The molecule has 0 aliphatic heterocycles. The molecule has 0 amide bonds. The van der Waals surface area contributed by atoms with E-state index in [0.29, 0.717) is 23.3 Å². The van der Waals surface area contributed by atoms with E-state index in [1.165, 1.54) is 11.3 Å². The highest BCUT2D eigenvalue weighted by Crippen LogP contribution is 2.29. The second-order valence-corrected chi connectivity index (χ2v) is 14.5. The summed E-state index contributed by atoms with van der Waals surface area (Å²) in [6.45, 7) is -0.0774. The highest BCUT2D eigenvalue weighted by atomic mass is 32.2. The van der Waals surface area contributed by atoms with Crippen molar-refractivity contribution < 1.29 is 36.2 Å². The molecule has 0 aliphatic carbocycles. The van der Waals surface area contributed by atoms with Gasteiger partial charge in [-0.15, -0.1) is 11.3 Å². The molecule has 266 valence electrons. The quantitative estimate of drug-likeness (QED) is 0.0776. The Balaban J connectivity index is 0.000000237. The zero-order valence-corrected chi connectivity index (χ0v) is 27.5. The molecule has 0 saturated heterocycles. The molecule has 1 atom stereocenters. The second kappa shape index (κ2) is 13.9. The maximum absolute atomic E-state index is 13.5. The number of hydrogen-bond acceptors (Lipinski definition) is 15. The smallest absolute Gasteiger partial charge is 0.348 e. The Morgan fingerprint density at radius 1 is 0.860 bits per heavy atom. The van der Waals surface area contributed by atoms with Gasteiger partial charge in [0.1, 0.15) is 11.8 Å². The van der Waals surface area contributed by atoms with Crippen molar-refractivity contribution in [2.24, 2.45) is 0 Å². The molecule has 0 radical (unpaired) electrons. The van der Waals surface area contributed by atoms with E-state index in [9.17, 15) is 65.7 Å². The van der Waals surface area contributed by atoms with E-state index < -0.39 is 81.1 Å². The third kappa shape index (κ3) is 8.35. The number of fused-ring (bicyclic) bond motifs is 2. The standard InChI is InChI=1S/C15H15N5O7S2.C9H7FN4O6S/c1-29(26,27)18-19-14(22)8-5-10(16-7-12(21)13-3-2-4-28-13)11(20(24)25)6-9(8)17-15(19)23;1-21(19,20)12-13-8(15)4-2-5(10)7(14(17)18)3-6(4)11-9(13)16/h2-6,12,16,18,21H,7H2,1H3,(H,17,23);2-3,12H,1H3,(H,11,16). The molecule has 5 aromatic rings. The van der Waals surface area contributed by atoms with Gasteiger partial charge in [-0.3, -0.25) is 29.8 Å². The van der Waals surface area contributed by atoms with Crippen LogP contribution in [0.1, 0.15) is 11.0 Å². The van der Waals surface area contributed by atoms with Crippen molar-refractivity contribution in [2.75, 3.05) is 34.0 Å². The summed E-state index contributed by atoms with van der Waals surface area (Å²) in [6.07, 6.45) is 0.529. The van der Waals surface area contributed by atoms with Crippen LogP contribution in [0, 0.1) is 26.0 Å². The first-order valence-electron chi connectivity index (χ1n) is 13.2. The van der Waals surface area contributed by atoms with Crippen LogP contribution >= 0.6 is 11.3 Å². The minimum Gasteiger partial charge on any atom is -0.386 e. The van der Waals surface area contributed by atoms with E-state index in [-0.39, 0.29) is 38.0 Å². The normalized spacial score (nSPS) is 12.2. The van der Waals surface area contributed by atoms with Crippen LogP contribution in [-0.4, -0.2) is 70.2 Å². The number of halogens is 1. The Hall–Kier alpha value is -5.99. The number of aliphatic hydroxyl groups is 1. The minimum atomic E-state index is -3.93. The van der Waals surface area contributed by atoms with Crippen molar-refractivity contribution in [1.82, 2.24) is 19.3 Å². The summed E-state index contributed by atoms with van der Waals surface area (Å²) in [7, 11) is -7.86. The van der Waals surface area contributed by atoms with Gasteiger partial charge in [0.05, 0.1) is 44.2 Å². The van der Waals surface area contributed by atoms with E-state index in [2.05, 4.69) is 15.3 Å². The average molecular weight is 760 g/mol. The number of rotatable bonds is 10. The lowest BCUT2D eigenvalue weighted by molar-refractivity contribution is -0.387. The maximum atomic E-state index is 13.5. The van der Waals surface area contributed by atoms with Crippen LogP contribution in [0.25, 0.3) is 21.8 Å². The Bertz CT molecular complexity index is 2630. The third-order valence-corrected chi connectivity index (χ3v) is 8.25. The zero-order chi connectivity index (χ0) is 37.3. The lowest BCUT2D eigenvalue weighted by Crippen LogP contribution is -2.43. The molecule has 1 unspecified atom stereocenters. The van der Waals surface area contributed by atoms with Gasteiger partial charge in [0, 0.05) is 23.6 Å². The lowest BCUT2D eigenvalue weighted by atomic mass is 10.2. The second-order valence-electron chi connectivity index (χ2n) is 10.1. The van der Waals surface area contributed by atoms with Gasteiger partial charge in [0.15, 0.2) is 0 Å². The van der Waals surface area contributed by atoms with Gasteiger partial charge >= 0.3 is 17.1 Å². The van der Waals surface area contributed by atoms with E-state index in [1.54, 1.807) is 27.2 Å². The van der Waals surface area contributed by atoms with Gasteiger partial charge in [-0.25, -0.2) is 36.1 Å². The van der Waals surface area contributed by atoms with Crippen molar-refractivity contribution in [2.45, 2.75) is 6.10 Å². The topological polar surface area (TPSA) is 321 Å². The Morgan fingerprint density at radius 3 is 1.78 bits per heavy atom. The predicted octanol–water partition coefficient (Wildman–Crippen LogP) is -0.452. The molecule has 0 bridgehead atoms. The van der Waals surface area contributed by atoms with Crippen LogP contribution in [0.3, 0.4) is 0 Å². The van der Waals surface area contributed by atoms with Crippen LogP contribution in [0.4, 0.5) is 21.5 Å². The number of nitro groups is 2. The van der Waals surface area contributed by atoms with Crippen molar-refractivity contribution >= 4 is 70.3 Å². The molecule has 5 rings (SSSR count). The van der Waals surface area contributed by atoms with E-state index in [1.807, 2.05) is 0 Å². The van der Waals surface area contributed by atoms with Crippen molar-refractivity contribution in [1.29, 1.82) is 0 Å². The van der Waals surface area contributed by atoms with Crippen LogP contribution in [-0.2, 0) is 20.0 Å². The summed E-state index contributed by atoms with van der Waals surface area (Å²) in [4.78, 5) is 76.7. The fraction of sp³-hybridized carbons (Fsp3) is 0.167. The molecular weight excluding hydrogens is 738 g/mol. The minimum absolute atomic E-state index is 0.0758. The number of hydrogen-bond donors (Lipinski definition) is 6. The van der Waals surface area contributed by atoms with E-state index in [4.69, 9.17) is 0 Å². The largest absolute Gasteiger partial charge is 0.386 e. The summed E-state index contributed by atoms with van der Waals surface area (Å²) in [6, 6.07) is 6.78. The number of thiophene rings is 1. The predicted molar refractivity (Wildman–Crippen MR) is 177 cm³/mol. The lowest BCUT2D eigenvalue weighted by Gasteiger charge is -2.13. The molecule has 0 aliphatic rings. The maximum Gasteiger partial charge on any atom is 0.348 e. The van der Waals surface area contributed by atoms with Crippen molar-refractivity contribution in [3.63, 3.8) is 0 Å². The summed E-state index contributed by atoms with van der Waals surface area (Å²) in [5, 5.41) is 36.1. The van der Waals surface area contributed by atoms with Crippen LogP contribution < -0.4 is 37.5 Å². The number of nitrogens with zero attached hydrogens (tertiary/aromatic N) is 4. The average Bonchev–Trinajstić information content (AvgIpc) is 3.55. The summed E-state index contributed by atoms with van der Waals surface area (Å²) < 4.78 is 58.8. The van der Waals surface area contributed by atoms with Gasteiger partial charge < -0.3 is 20.4 Å². The first kappa shape index (κ1) is 36.8. The molecule has 0 saturated carbocycles. The SMILES string of the molecule is CS(=O)(=O)Nn1c(=O)[nH]c2cc([N+](=O)[O-])c(F)cc2c1=O.CS(=O)(=O)Nn1c(=O)[nH]c2cc([N+](=O)[O-])c(NCC(O)c3cccs3)cc2c1=O. The van der Waals surface area contributed by atoms with Crippen LogP contribution in [0.5, 0.6) is 0 Å². The number of aromatic nitrogens is 4. The Morgan fingerprint density at radius 2 is 1.34 bits per heavy atom. The van der Waals surface area contributed by atoms with Crippen molar-refractivity contribution in [3.05, 3.63) is 114 Å². The first-order chi connectivity index (χ1) is 23.2. The number of aromatic amines is 2. The zero-order valence-electron chi connectivity index (χ0n) is 25.1. The fourth-order valence-electron chi connectivity index (χ4n) is 4.20. The highest BCUT2D eigenvalue weighted by Gasteiger charge is 2.21. The summed E-state index contributed by atoms with van der Waals surface area (Å²) in [5.41, 5.74) is -6.29. The molecule has 0 fully saturated rings. The molecule has 3 heterocycles. The van der Waals surface area contributed by atoms with E-state index in [0.717, 1.165) is 18.4 Å². The van der Waals surface area contributed by atoms with Crippen LogP contribution in [0.15, 0.2) is 61.0 Å². The van der Waals surface area contributed by atoms with Gasteiger partial charge in [-0.2, -0.15) is 13.7 Å². The molecule has 0 spiro atoms. The Labute approximate surface area is 279 Å². The fourth-order valence-corrected chi connectivity index (χ4v) is 5.90. The number of nitrogens with one attached hydrogen (secondary N) is 5. The molecule has 26 heteroatoms. The van der Waals surface area contributed by atoms with Gasteiger partial charge in [0.2, 0.25) is 25.9 Å². The number of H-pyrrole nitrogens is 2. The van der Waals surface area contributed by atoms with Gasteiger partial charge in [-0.1, -0.05) is 6.07 Å².